The molecular formula is C14H21N4O2S+. The molecule has 21 heavy (non-hydrogen) atoms. The van der Waals surface area contributed by atoms with Gasteiger partial charge in [-0.1, -0.05) is 6.07 Å². The lowest BCUT2D eigenvalue weighted by molar-refractivity contribution is -0.903. The number of quaternary nitrogens is 1. The van der Waals surface area contributed by atoms with Gasteiger partial charge in [-0.25, -0.2) is 0 Å². The van der Waals surface area contributed by atoms with Crippen molar-refractivity contribution in [3.63, 3.8) is 0 Å². The molecule has 0 fully saturated rings. The van der Waals surface area contributed by atoms with Crippen molar-refractivity contribution in [3.05, 3.63) is 23.4 Å². The third kappa shape index (κ3) is 4.12. The number of hydrogen-bond acceptors (Lipinski definition) is 5. The summed E-state index contributed by atoms with van der Waals surface area (Å²) >= 11 is 1.56. The number of thiophene rings is 1. The second-order valence-electron chi connectivity index (χ2n) is 5.39. The summed E-state index contributed by atoms with van der Waals surface area (Å²) in [6, 6.07) is 4.00. The van der Waals surface area contributed by atoms with Gasteiger partial charge in [0.05, 0.1) is 11.9 Å². The van der Waals surface area contributed by atoms with Crippen LogP contribution in [0.2, 0.25) is 0 Å². The van der Waals surface area contributed by atoms with E-state index in [4.69, 9.17) is 4.42 Å². The van der Waals surface area contributed by atoms with Crippen LogP contribution in [-0.2, 0) is 4.79 Å². The Morgan fingerprint density at radius 2 is 2.19 bits per heavy atom. The first kappa shape index (κ1) is 15.7. The van der Waals surface area contributed by atoms with Crippen molar-refractivity contribution in [3.8, 4) is 10.8 Å². The molecule has 6 nitrogen and oxygen atoms in total. The van der Waals surface area contributed by atoms with Gasteiger partial charge in [-0.2, -0.15) is 0 Å². The van der Waals surface area contributed by atoms with E-state index < -0.39 is 0 Å². The van der Waals surface area contributed by atoms with E-state index >= 15 is 0 Å². The van der Waals surface area contributed by atoms with Crippen molar-refractivity contribution in [1.82, 2.24) is 15.5 Å². The van der Waals surface area contributed by atoms with E-state index in [2.05, 4.69) is 15.5 Å². The smallest absolute Gasteiger partial charge is 0.275 e. The average molecular weight is 309 g/mol. The molecule has 2 rings (SSSR count). The Morgan fingerprint density at radius 3 is 2.81 bits per heavy atom. The second-order valence-corrected chi connectivity index (χ2v) is 6.34. The highest BCUT2D eigenvalue weighted by molar-refractivity contribution is 7.13. The lowest BCUT2D eigenvalue weighted by Gasteiger charge is -2.19. The number of rotatable bonds is 6. The van der Waals surface area contributed by atoms with Gasteiger partial charge in [-0.05, 0) is 32.2 Å². The van der Waals surface area contributed by atoms with E-state index in [1.165, 1.54) is 0 Å². The molecule has 2 N–H and O–H groups in total. The first-order chi connectivity index (χ1) is 9.97. The van der Waals surface area contributed by atoms with Gasteiger partial charge in [-0.3, -0.25) is 4.79 Å². The zero-order valence-corrected chi connectivity index (χ0v) is 13.5. The summed E-state index contributed by atoms with van der Waals surface area (Å²) in [6.07, 6.45) is 0. The van der Waals surface area contributed by atoms with E-state index in [1.54, 1.807) is 11.3 Å². The fraction of sp³-hybridized carbons (Fsp3) is 0.500. The van der Waals surface area contributed by atoms with E-state index in [0.717, 1.165) is 9.78 Å². The molecular weight excluding hydrogens is 288 g/mol. The molecule has 0 bridgehead atoms. The zero-order chi connectivity index (χ0) is 15.4. The van der Waals surface area contributed by atoms with Crippen LogP contribution in [0.4, 0.5) is 0 Å². The Balaban J connectivity index is 1.99. The monoisotopic (exact) mass is 309 g/mol. The Bertz CT molecular complexity index is 580. The Labute approximate surface area is 128 Å². The van der Waals surface area contributed by atoms with Crippen molar-refractivity contribution in [1.29, 1.82) is 0 Å². The molecule has 2 aromatic rings. The number of hydrogen-bond donors (Lipinski definition) is 2. The fourth-order valence-corrected chi connectivity index (χ4v) is 2.54. The van der Waals surface area contributed by atoms with Crippen LogP contribution >= 0.6 is 11.3 Å². The maximum atomic E-state index is 11.8. The zero-order valence-electron chi connectivity index (χ0n) is 12.7. The van der Waals surface area contributed by atoms with E-state index in [9.17, 15) is 4.79 Å². The summed E-state index contributed by atoms with van der Waals surface area (Å²) in [6.45, 7) is 6.24. The second kappa shape index (κ2) is 6.82. The van der Waals surface area contributed by atoms with Crippen LogP contribution in [-0.4, -0.2) is 35.7 Å². The predicted octanol–water partition coefficient (Wildman–Crippen LogP) is 0.898. The van der Waals surface area contributed by atoms with E-state index in [1.807, 2.05) is 45.3 Å². The lowest BCUT2D eigenvalue weighted by Crippen LogP contribution is -3.10. The summed E-state index contributed by atoms with van der Waals surface area (Å²) in [5, 5.41) is 13.0. The van der Waals surface area contributed by atoms with Gasteiger partial charge in [0.1, 0.15) is 0 Å². The standard InChI is InChI=1S/C14H20N4O2S/c1-9(2)15-12(19)8-18(4)10(3)13-16-17-14(20-13)11-6-5-7-21-11/h5-7,9-10H,8H2,1-4H3,(H,15,19)/p+1/t10-/m1/s1. The van der Waals surface area contributed by atoms with Crippen LogP contribution in [0.3, 0.4) is 0 Å². The van der Waals surface area contributed by atoms with E-state index in [0.29, 0.717) is 18.3 Å². The minimum Gasteiger partial charge on any atom is -0.414 e. The summed E-state index contributed by atoms with van der Waals surface area (Å²) < 4.78 is 5.71. The molecule has 0 radical (unpaired) electrons. The fourth-order valence-electron chi connectivity index (χ4n) is 1.90. The van der Waals surface area contributed by atoms with Crippen LogP contribution < -0.4 is 10.2 Å². The summed E-state index contributed by atoms with van der Waals surface area (Å²) in [5.74, 6) is 1.10. The van der Waals surface area contributed by atoms with Crippen molar-refractivity contribution in [2.75, 3.05) is 13.6 Å². The van der Waals surface area contributed by atoms with Gasteiger partial charge in [-0.15, -0.1) is 21.5 Å². The molecule has 0 saturated heterocycles. The number of carbonyl (C=O) groups is 1. The molecule has 114 valence electrons. The average Bonchev–Trinajstić information content (AvgIpc) is 3.07. The molecule has 2 heterocycles. The minimum absolute atomic E-state index is 0.0207. The molecule has 1 amide bonds. The highest BCUT2D eigenvalue weighted by Gasteiger charge is 2.24. The number of nitrogens with one attached hydrogen (secondary N) is 2. The van der Waals surface area contributed by atoms with Gasteiger partial charge in [0.25, 0.3) is 17.7 Å². The number of aromatic nitrogens is 2. The van der Waals surface area contributed by atoms with Crippen LogP contribution in [0.25, 0.3) is 10.8 Å². The van der Waals surface area contributed by atoms with Crippen LogP contribution in [0.15, 0.2) is 21.9 Å². The summed E-state index contributed by atoms with van der Waals surface area (Å²) in [4.78, 5) is 13.8. The Morgan fingerprint density at radius 1 is 1.43 bits per heavy atom. The lowest BCUT2D eigenvalue weighted by atomic mass is 10.3. The molecule has 0 aliphatic rings. The third-order valence-corrected chi connectivity index (χ3v) is 4.03. The molecule has 2 atom stereocenters. The topological polar surface area (TPSA) is 72.5 Å². The highest BCUT2D eigenvalue weighted by Crippen LogP contribution is 2.24. The quantitative estimate of drug-likeness (QED) is 0.831. The van der Waals surface area contributed by atoms with Crippen molar-refractivity contribution >= 4 is 17.2 Å². The molecule has 0 aliphatic carbocycles. The maximum Gasteiger partial charge on any atom is 0.275 e. The number of amides is 1. The highest BCUT2D eigenvalue weighted by atomic mass is 32.1. The Kier molecular flexibility index (Phi) is 5.08. The first-order valence-corrected chi connectivity index (χ1v) is 7.84. The molecule has 0 aliphatic heterocycles. The van der Waals surface area contributed by atoms with Gasteiger partial charge in [0.15, 0.2) is 12.6 Å². The van der Waals surface area contributed by atoms with Gasteiger partial charge in [0.2, 0.25) is 0 Å². The molecule has 2 aromatic heterocycles. The normalized spacial score (nSPS) is 14.1. The van der Waals surface area contributed by atoms with Crippen LogP contribution in [0.1, 0.15) is 32.7 Å². The first-order valence-electron chi connectivity index (χ1n) is 6.96. The Hall–Kier alpha value is -1.73. The summed E-state index contributed by atoms with van der Waals surface area (Å²) in [5.41, 5.74) is 0. The molecule has 0 aromatic carbocycles. The van der Waals surface area contributed by atoms with Gasteiger partial charge >= 0.3 is 0 Å². The molecule has 1 unspecified atom stereocenters. The summed E-state index contributed by atoms with van der Waals surface area (Å²) in [7, 11) is 1.94. The van der Waals surface area contributed by atoms with Crippen molar-refractivity contribution < 1.29 is 14.1 Å². The third-order valence-electron chi connectivity index (χ3n) is 3.17. The van der Waals surface area contributed by atoms with Gasteiger partial charge in [0, 0.05) is 6.04 Å². The molecule has 7 heteroatoms. The number of nitrogens with zero attached hydrogens (tertiary/aromatic N) is 2. The van der Waals surface area contributed by atoms with E-state index in [-0.39, 0.29) is 18.0 Å². The van der Waals surface area contributed by atoms with Crippen LogP contribution in [0.5, 0.6) is 0 Å². The molecule has 0 saturated carbocycles. The van der Waals surface area contributed by atoms with Gasteiger partial charge < -0.3 is 14.6 Å². The molecule has 0 spiro atoms. The maximum absolute atomic E-state index is 11.8. The van der Waals surface area contributed by atoms with Crippen LogP contribution in [0, 0.1) is 0 Å². The van der Waals surface area contributed by atoms with Crippen molar-refractivity contribution in [2.24, 2.45) is 0 Å². The van der Waals surface area contributed by atoms with Crippen molar-refractivity contribution in [2.45, 2.75) is 32.9 Å². The largest absolute Gasteiger partial charge is 0.414 e. The minimum atomic E-state index is -0.0378. The number of likely N-dealkylation sites (N-methyl/N-ethyl adjacent to an activating group) is 1. The SMILES string of the molecule is CC(C)NC(=O)C[NH+](C)[C@H](C)c1nnc(-c2cccs2)o1. The number of carbonyl (C=O) groups excluding carboxylic acids is 1. The predicted molar refractivity (Wildman–Crippen MR) is 81.1 cm³/mol.